The highest BCUT2D eigenvalue weighted by atomic mass is 16.5. The Hall–Kier alpha value is -2.89. The van der Waals surface area contributed by atoms with Crippen LogP contribution in [0.15, 0.2) is 30.3 Å². The fourth-order valence-corrected chi connectivity index (χ4v) is 2.62. The number of carbonyl (C=O) groups excluding carboxylic acids is 1. The third-order valence-electron chi connectivity index (χ3n) is 3.79. The minimum atomic E-state index is -0.670. The number of phenols is 2. The molecule has 2 aromatic rings. The van der Waals surface area contributed by atoms with Gasteiger partial charge >= 0.3 is 0 Å². The molecule has 0 aliphatic carbocycles. The molecule has 0 unspecified atom stereocenters. The Kier molecular flexibility index (Phi) is 3.73. The quantitative estimate of drug-likeness (QED) is 0.905. The number of hydrogen-bond donors (Lipinski definition) is 2. The van der Waals surface area contributed by atoms with E-state index in [1.807, 2.05) is 0 Å². The number of carbonyl (C=O) groups is 1. The summed E-state index contributed by atoms with van der Waals surface area (Å²) in [5.41, 5.74) is 0.579. The van der Waals surface area contributed by atoms with Crippen LogP contribution in [0.3, 0.4) is 0 Å². The molecule has 0 saturated heterocycles. The summed E-state index contributed by atoms with van der Waals surface area (Å²) in [7, 11) is 2.97. The van der Waals surface area contributed by atoms with Crippen LogP contribution in [0.2, 0.25) is 0 Å². The largest absolute Gasteiger partial charge is 0.508 e. The fourth-order valence-electron chi connectivity index (χ4n) is 2.62. The molecule has 0 saturated carbocycles. The Balaban J connectivity index is 2.03. The van der Waals surface area contributed by atoms with Crippen molar-refractivity contribution in [1.29, 1.82) is 0 Å². The monoisotopic (exact) mass is 316 g/mol. The summed E-state index contributed by atoms with van der Waals surface area (Å²) in [6.07, 6.45) is -0.662. The van der Waals surface area contributed by atoms with E-state index in [-0.39, 0.29) is 35.0 Å². The molecule has 2 N–H and O–H groups in total. The molecular formula is C17H16O6. The van der Waals surface area contributed by atoms with Gasteiger partial charge in [-0.1, -0.05) is 0 Å². The van der Waals surface area contributed by atoms with Crippen LogP contribution in [0.25, 0.3) is 0 Å². The molecule has 0 spiro atoms. The molecular weight excluding hydrogens is 300 g/mol. The van der Waals surface area contributed by atoms with Gasteiger partial charge in [0.25, 0.3) is 0 Å². The third-order valence-corrected chi connectivity index (χ3v) is 3.79. The van der Waals surface area contributed by atoms with Gasteiger partial charge in [-0.15, -0.1) is 0 Å². The van der Waals surface area contributed by atoms with Crippen molar-refractivity contribution in [3.63, 3.8) is 0 Å². The number of ether oxygens (including phenoxy) is 3. The van der Waals surface area contributed by atoms with E-state index in [9.17, 15) is 15.0 Å². The highest BCUT2D eigenvalue weighted by molar-refractivity contribution is 6.02. The van der Waals surface area contributed by atoms with Crippen molar-refractivity contribution in [3.05, 3.63) is 41.5 Å². The van der Waals surface area contributed by atoms with Crippen molar-refractivity contribution >= 4 is 5.78 Å². The zero-order valence-electron chi connectivity index (χ0n) is 12.7. The van der Waals surface area contributed by atoms with Crippen molar-refractivity contribution in [2.75, 3.05) is 14.2 Å². The standard InChI is InChI=1S/C17H16O6/c1-21-9-3-4-12(18)11(5-9)15-8-14(20)17-13(19)6-10(22-2)7-16(17)23-15/h3-7,15,18-19H,8H2,1-2H3/t15-/m1/s1. The summed E-state index contributed by atoms with van der Waals surface area (Å²) in [5.74, 6) is 0.721. The minimum absolute atomic E-state index is 0.00756. The lowest BCUT2D eigenvalue weighted by Gasteiger charge is -2.27. The zero-order chi connectivity index (χ0) is 16.6. The molecule has 1 atom stereocenters. The number of aromatic hydroxyl groups is 2. The molecule has 0 radical (unpaired) electrons. The molecule has 1 aliphatic heterocycles. The fraction of sp³-hybridized carbons (Fsp3) is 0.235. The summed E-state index contributed by atoms with van der Waals surface area (Å²) in [6.45, 7) is 0. The number of methoxy groups -OCH3 is 2. The first-order valence-corrected chi connectivity index (χ1v) is 7.01. The molecule has 6 heteroatoms. The summed E-state index contributed by atoms with van der Waals surface area (Å²) in [4.78, 5) is 12.4. The number of hydrogen-bond acceptors (Lipinski definition) is 6. The summed E-state index contributed by atoms with van der Waals surface area (Å²) >= 11 is 0. The highest BCUT2D eigenvalue weighted by Gasteiger charge is 2.32. The molecule has 0 fully saturated rings. The van der Waals surface area contributed by atoms with Gasteiger partial charge in [0.05, 0.1) is 20.6 Å². The topological polar surface area (TPSA) is 85.2 Å². The molecule has 3 rings (SSSR count). The lowest BCUT2D eigenvalue weighted by Crippen LogP contribution is -2.20. The van der Waals surface area contributed by atoms with Crippen molar-refractivity contribution < 1.29 is 29.2 Å². The third kappa shape index (κ3) is 2.63. The normalized spacial score (nSPS) is 16.4. The Morgan fingerprint density at radius 1 is 1.04 bits per heavy atom. The van der Waals surface area contributed by atoms with Gasteiger partial charge in [0, 0.05) is 17.7 Å². The van der Waals surface area contributed by atoms with Crippen LogP contribution in [0.4, 0.5) is 0 Å². The van der Waals surface area contributed by atoms with Crippen LogP contribution in [0.5, 0.6) is 28.7 Å². The van der Waals surface area contributed by atoms with Gasteiger partial charge in [0.2, 0.25) is 0 Å². The average Bonchev–Trinajstić information content (AvgIpc) is 2.54. The van der Waals surface area contributed by atoms with Crippen LogP contribution in [0, 0.1) is 0 Å². The second-order valence-corrected chi connectivity index (χ2v) is 5.18. The van der Waals surface area contributed by atoms with Crippen molar-refractivity contribution in [2.45, 2.75) is 12.5 Å². The highest BCUT2D eigenvalue weighted by Crippen LogP contribution is 2.43. The van der Waals surface area contributed by atoms with Gasteiger partial charge in [-0.25, -0.2) is 0 Å². The van der Waals surface area contributed by atoms with Crippen LogP contribution in [-0.2, 0) is 0 Å². The first-order valence-electron chi connectivity index (χ1n) is 7.01. The minimum Gasteiger partial charge on any atom is -0.508 e. The average molecular weight is 316 g/mol. The van der Waals surface area contributed by atoms with E-state index in [2.05, 4.69) is 0 Å². The number of ketones is 1. The number of rotatable bonds is 3. The van der Waals surface area contributed by atoms with E-state index in [0.717, 1.165) is 0 Å². The van der Waals surface area contributed by atoms with Crippen LogP contribution < -0.4 is 14.2 Å². The molecule has 0 aromatic heterocycles. The first-order chi connectivity index (χ1) is 11.0. The molecule has 1 aliphatic rings. The zero-order valence-corrected chi connectivity index (χ0v) is 12.7. The molecule has 120 valence electrons. The summed E-state index contributed by atoms with van der Waals surface area (Å²) in [6, 6.07) is 7.63. The Morgan fingerprint density at radius 2 is 1.78 bits per heavy atom. The maximum atomic E-state index is 12.4. The SMILES string of the molecule is COc1cc(O)c2c(c1)O[C@@H](c1cc(OC)ccc1O)CC2=O. The van der Waals surface area contributed by atoms with E-state index in [4.69, 9.17) is 14.2 Å². The van der Waals surface area contributed by atoms with Gasteiger partial charge in [-0.3, -0.25) is 4.79 Å². The van der Waals surface area contributed by atoms with Crippen molar-refractivity contribution in [2.24, 2.45) is 0 Å². The smallest absolute Gasteiger partial charge is 0.174 e. The lowest BCUT2D eigenvalue weighted by atomic mass is 9.95. The number of Topliss-reactive ketones (excluding diaryl/α,β-unsaturated/α-hetero) is 1. The predicted octanol–water partition coefficient (Wildman–Crippen LogP) is 2.82. The van der Waals surface area contributed by atoms with Gasteiger partial charge < -0.3 is 24.4 Å². The molecule has 23 heavy (non-hydrogen) atoms. The molecule has 6 nitrogen and oxygen atoms in total. The number of phenolic OH excluding ortho intramolecular Hbond substituents is 2. The lowest BCUT2D eigenvalue weighted by molar-refractivity contribution is 0.0841. The Bertz CT molecular complexity index is 768. The van der Waals surface area contributed by atoms with E-state index in [0.29, 0.717) is 17.1 Å². The molecule has 2 aromatic carbocycles. The van der Waals surface area contributed by atoms with Crippen molar-refractivity contribution in [3.8, 4) is 28.7 Å². The van der Waals surface area contributed by atoms with E-state index >= 15 is 0 Å². The van der Waals surface area contributed by atoms with Gasteiger partial charge in [0.15, 0.2) is 5.78 Å². The van der Waals surface area contributed by atoms with Crippen molar-refractivity contribution in [1.82, 2.24) is 0 Å². The molecule has 1 heterocycles. The van der Waals surface area contributed by atoms with E-state index in [1.54, 1.807) is 12.1 Å². The summed E-state index contributed by atoms with van der Waals surface area (Å²) < 4.78 is 16.0. The second kappa shape index (κ2) is 5.72. The first kappa shape index (κ1) is 15.0. The predicted molar refractivity (Wildman–Crippen MR) is 81.6 cm³/mol. The molecule has 0 bridgehead atoms. The number of benzene rings is 2. The second-order valence-electron chi connectivity index (χ2n) is 5.18. The van der Waals surface area contributed by atoms with Crippen LogP contribution in [-0.4, -0.2) is 30.2 Å². The number of fused-ring (bicyclic) bond motifs is 1. The maximum absolute atomic E-state index is 12.4. The van der Waals surface area contributed by atoms with E-state index < -0.39 is 6.10 Å². The Labute approximate surface area is 132 Å². The maximum Gasteiger partial charge on any atom is 0.174 e. The van der Waals surface area contributed by atoms with Crippen LogP contribution in [0.1, 0.15) is 28.4 Å². The molecule has 0 amide bonds. The van der Waals surface area contributed by atoms with Gasteiger partial charge in [0.1, 0.15) is 40.4 Å². The summed E-state index contributed by atoms with van der Waals surface area (Å²) in [5, 5.41) is 20.0. The van der Waals surface area contributed by atoms with Gasteiger partial charge in [-0.05, 0) is 18.2 Å². The van der Waals surface area contributed by atoms with E-state index in [1.165, 1.54) is 32.4 Å². The Morgan fingerprint density at radius 3 is 2.48 bits per heavy atom. The van der Waals surface area contributed by atoms with Gasteiger partial charge in [-0.2, -0.15) is 0 Å². The van der Waals surface area contributed by atoms with Crippen LogP contribution >= 0.6 is 0 Å².